The van der Waals surface area contributed by atoms with Crippen LogP contribution >= 0.6 is 0 Å². The molecule has 1 rings (SSSR count). The molecule has 1 atom stereocenters. The summed E-state index contributed by atoms with van der Waals surface area (Å²) in [6.07, 6.45) is 10.3. The van der Waals surface area contributed by atoms with Crippen molar-refractivity contribution in [2.45, 2.75) is 33.2 Å². The summed E-state index contributed by atoms with van der Waals surface area (Å²) in [5.41, 5.74) is 6.35. The second kappa shape index (κ2) is 9.44. The molecule has 0 radical (unpaired) electrons. The first kappa shape index (κ1) is 17.6. The SMILES string of the molecule is CCOC(=O)\C1=C(C)/C=N\C(\N=C\C=C/N)=C/C(CC)N=C1. The zero-order chi connectivity index (χ0) is 16.4. The number of nitrogens with zero attached hydrogens (tertiary/aromatic N) is 3. The van der Waals surface area contributed by atoms with E-state index in [1.165, 1.54) is 6.20 Å². The summed E-state index contributed by atoms with van der Waals surface area (Å²) in [5.74, 6) is 0.120. The van der Waals surface area contributed by atoms with E-state index in [-0.39, 0.29) is 6.04 Å². The van der Waals surface area contributed by atoms with Gasteiger partial charge in [-0.1, -0.05) is 6.92 Å². The summed E-state index contributed by atoms with van der Waals surface area (Å²) in [4.78, 5) is 24.9. The first-order valence-corrected chi connectivity index (χ1v) is 7.20. The lowest BCUT2D eigenvalue weighted by Crippen LogP contribution is -2.12. The minimum atomic E-state index is -0.400. The van der Waals surface area contributed by atoms with Gasteiger partial charge in [0.05, 0.1) is 18.2 Å². The Morgan fingerprint density at radius 1 is 1.45 bits per heavy atom. The van der Waals surface area contributed by atoms with Crippen LogP contribution in [0.25, 0.3) is 0 Å². The number of hydrogen-bond acceptors (Lipinski definition) is 6. The van der Waals surface area contributed by atoms with E-state index in [2.05, 4.69) is 15.0 Å². The number of esters is 1. The number of ether oxygens (including phenoxy) is 1. The fourth-order valence-corrected chi connectivity index (χ4v) is 1.65. The number of nitrogens with two attached hydrogens (primary N) is 1. The van der Waals surface area contributed by atoms with Crippen molar-refractivity contribution < 1.29 is 9.53 Å². The fourth-order valence-electron chi connectivity index (χ4n) is 1.65. The second-order valence-corrected chi connectivity index (χ2v) is 4.52. The summed E-state index contributed by atoms with van der Waals surface area (Å²) in [6.45, 7) is 5.87. The minimum absolute atomic E-state index is 0.110. The van der Waals surface area contributed by atoms with Gasteiger partial charge in [-0.3, -0.25) is 4.99 Å². The molecule has 1 heterocycles. The van der Waals surface area contributed by atoms with Crippen molar-refractivity contribution in [2.24, 2.45) is 20.7 Å². The highest BCUT2D eigenvalue weighted by molar-refractivity contribution is 6.13. The minimum Gasteiger partial charge on any atom is -0.462 e. The van der Waals surface area contributed by atoms with Gasteiger partial charge in [0.2, 0.25) is 0 Å². The van der Waals surface area contributed by atoms with Crippen molar-refractivity contribution in [1.82, 2.24) is 0 Å². The molecule has 0 aromatic heterocycles. The maximum atomic E-state index is 12.0. The van der Waals surface area contributed by atoms with Gasteiger partial charge in [-0.25, -0.2) is 14.8 Å². The first-order chi connectivity index (χ1) is 10.6. The molecular formula is C16H22N4O2. The fraction of sp³-hybridized carbons (Fsp3) is 0.375. The predicted octanol–water partition coefficient (Wildman–Crippen LogP) is 2.18. The molecule has 22 heavy (non-hydrogen) atoms. The van der Waals surface area contributed by atoms with Crippen LogP contribution in [-0.4, -0.2) is 37.3 Å². The molecule has 1 unspecified atom stereocenters. The van der Waals surface area contributed by atoms with Crippen molar-refractivity contribution in [3.05, 3.63) is 35.3 Å². The molecule has 118 valence electrons. The Labute approximate surface area is 130 Å². The van der Waals surface area contributed by atoms with E-state index in [1.807, 2.05) is 13.0 Å². The van der Waals surface area contributed by atoms with E-state index in [9.17, 15) is 4.79 Å². The smallest absolute Gasteiger partial charge is 0.340 e. The maximum absolute atomic E-state index is 12.0. The molecule has 0 bridgehead atoms. The third-order valence-corrected chi connectivity index (χ3v) is 2.87. The quantitative estimate of drug-likeness (QED) is 0.623. The average molecular weight is 302 g/mol. The molecule has 0 spiro atoms. The van der Waals surface area contributed by atoms with Gasteiger partial charge < -0.3 is 10.5 Å². The van der Waals surface area contributed by atoms with Crippen LogP contribution in [0.5, 0.6) is 0 Å². The van der Waals surface area contributed by atoms with E-state index in [4.69, 9.17) is 10.5 Å². The van der Waals surface area contributed by atoms with Gasteiger partial charge in [0.25, 0.3) is 0 Å². The number of carbonyl (C=O) groups excluding carboxylic acids is 1. The topological polar surface area (TPSA) is 89.4 Å². The number of carbonyl (C=O) groups is 1. The molecule has 6 heteroatoms. The Bertz CT molecular complexity index is 569. The van der Waals surface area contributed by atoms with E-state index in [0.29, 0.717) is 23.6 Å². The molecule has 0 saturated heterocycles. The summed E-state index contributed by atoms with van der Waals surface area (Å²) in [5, 5.41) is 0. The summed E-state index contributed by atoms with van der Waals surface area (Å²) in [6, 6.07) is -0.110. The van der Waals surface area contributed by atoms with Crippen molar-refractivity contribution >= 4 is 24.6 Å². The molecule has 1 aliphatic rings. The lowest BCUT2D eigenvalue weighted by Gasteiger charge is -2.05. The van der Waals surface area contributed by atoms with Gasteiger partial charge in [0.15, 0.2) is 0 Å². The van der Waals surface area contributed by atoms with Gasteiger partial charge in [-0.15, -0.1) is 0 Å². The Hall–Kier alpha value is -2.50. The van der Waals surface area contributed by atoms with Gasteiger partial charge >= 0.3 is 5.97 Å². The third kappa shape index (κ3) is 5.47. The van der Waals surface area contributed by atoms with Crippen molar-refractivity contribution in [2.75, 3.05) is 6.61 Å². The zero-order valence-electron chi connectivity index (χ0n) is 13.2. The number of allylic oxidation sites excluding steroid dienone is 2. The van der Waals surface area contributed by atoms with E-state index < -0.39 is 5.97 Å². The summed E-state index contributed by atoms with van der Waals surface area (Å²) >= 11 is 0. The molecular weight excluding hydrogens is 280 g/mol. The van der Waals surface area contributed by atoms with Crippen LogP contribution in [-0.2, 0) is 9.53 Å². The van der Waals surface area contributed by atoms with Gasteiger partial charge in [0.1, 0.15) is 5.82 Å². The lowest BCUT2D eigenvalue weighted by molar-refractivity contribution is -0.137. The molecule has 6 nitrogen and oxygen atoms in total. The Kier molecular flexibility index (Phi) is 7.53. The molecule has 0 amide bonds. The molecule has 0 aromatic carbocycles. The van der Waals surface area contributed by atoms with Crippen LogP contribution in [0.3, 0.4) is 0 Å². The number of aliphatic imine (C=N–C) groups is 3. The van der Waals surface area contributed by atoms with Crippen LogP contribution in [0.2, 0.25) is 0 Å². The normalized spacial score (nSPS) is 26.3. The predicted molar refractivity (Wildman–Crippen MR) is 90.3 cm³/mol. The van der Waals surface area contributed by atoms with Crippen molar-refractivity contribution in [3.8, 4) is 0 Å². The highest BCUT2D eigenvalue weighted by atomic mass is 16.5. The lowest BCUT2D eigenvalue weighted by atomic mass is 10.1. The van der Waals surface area contributed by atoms with Gasteiger partial charge in [-0.2, -0.15) is 0 Å². The Balaban J connectivity index is 3.18. The highest BCUT2D eigenvalue weighted by Crippen LogP contribution is 2.12. The molecule has 0 saturated carbocycles. The number of rotatable bonds is 5. The van der Waals surface area contributed by atoms with E-state index in [1.54, 1.807) is 38.6 Å². The summed E-state index contributed by atoms with van der Waals surface area (Å²) < 4.78 is 5.04. The van der Waals surface area contributed by atoms with E-state index >= 15 is 0 Å². The molecule has 0 fully saturated rings. The monoisotopic (exact) mass is 302 g/mol. The van der Waals surface area contributed by atoms with Crippen LogP contribution < -0.4 is 5.73 Å². The van der Waals surface area contributed by atoms with Crippen LogP contribution in [0.15, 0.2) is 50.3 Å². The second-order valence-electron chi connectivity index (χ2n) is 4.52. The average Bonchev–Trinajstić information content (AvgIpc) is 2.58. The Morgan fingerprint density at radius 3 is 2.86 bits per heavy atom. The largest absolute Gasteiger partial charge is 0.462 e. The zero-order valence-corrected chi connectivity index (χ0v) is 13.2. The maximum Gasteiger partial charge on any atom is 0.340 e. The highest BCUT2D eigenvalue weighted by Gasteiger charge is 2.13. The molecule has 2 N–H and O–H groups in total. The van der Waals surface area contributed by atoms with Gasteiger partial charge in [-0.05, 0) is 44.2 Å². The van der Waals surface area contributed by atoms with Crippen molar-refractivity contribution in [1.29, 1.82) is 0 Å². The molecule has 0 aromatic rings. The third-order valence-electron chi connectivity index (χ3n) is 2.87. The van der Waals surface area contributed by atoms with Crippen LogP contribution in [0.4, 0.5) is 0 Å². The molecule has 0 aliphatic carbocycles. The van der Waals surface area contributed by atoms with E-state index in [0.717, 1.165) is 6.42 Å². The van der Waals surface area contributed by atoms with Crippen LogP contribution in [0.1, 0.15) is 27.2 Å². The number of hydrogen-bond donors (Lipinski definition) is 1. The Morgan fingerprint density at radius 2 is 2.23 bits per heavy atom. The van der Waals surface area contributed by atoms with Crippen LogP contribution in [0, 0.1) is 0 Å². The van der Waals surface area contributed by atoms with Gasteiger partial charge in [0, 0.05) is 18.6 Å². The first-order valence-electron chi connectivity index (χ1n) is 7.20. The molecule has 1 aliphatic heterocycles. The van der Waals surface area contributed by atoms with Crippen molar-refractivity contribution in [3.63, 3.8) is 0 Å². The summed E-state index contributed by atoms with van der Waals surface area (Å²) in [7, 11) is 0. The standard InChI is InChI=1S/C16H22N4O2/c1-4-13-9-15(18-8-6-7-17)20-10-12(3)14(11-19-13)16(21)22-5-2/h6-11,13H,4-5,17H2,1-3H3/b7-6-,14-12-,15-9-,18-8+,19-11?,20-10-.